The second-order valence-electron chi connectivity index (χ2n) is 4.12. The third-order valence-electron chi connectivity index (χ3n) is 2.82. The maximum absolute atomic E-state index is 12.5. The van der Waals surface area contributed by atoms with Crippen molar-refractivity contribution >= 4 is 0 Å². The van der Waals surface area contributed by atoms with Crippen molar-refractivity contribution < 1.29 is 13.2 Å². The minimum Gasteiger partial charge on any atom is -0.357 e. The first-order valence-corrected chi connectivity index (χ1v) is 4.86. The first-order chi connectivity index (χ1) is 6.93. The molecule has 1 fully saturated rings. The molecule has 0 unspecified atom stereocenters. The topological polar surface area (TPSA) is 17.0 Å². The summed E-state index contributed by atoms with van der Waals surface area (Å²) in [4.78, 5) is 0. The molecular formula is C10H13F3N2. The molecule has 84 valence electrons. The zero-order valence-corrected chi connectivity index (χ0v) is 8.43. The monoisotopic (exact) mass is 218 g/mol. The largest absolute Gasteiger partial charge is 0.406 e. The smallest absolute Gasteiger partial charge is 0.357 e. The van der Waals surface area contributed by atoms with E-state index in [0.717, 1.165) is 5.56 Å². The van der Waals surface area contributed by atoms with E-state index in [1.165, 1.54) is 0 Å². The van der Waals surface area contributed by atoms with Gasteiger partial charge in [0.05, 0.1) is 0 Å². The Hall–Kier alpha value is -0.970. The van der Waals surface area contributed by atoms with Crippen molar-refractivity contribution in [3.05, 3.63) is 24.0 Å². The summed E-state index contributed by atoms with van der Waals surface area (Å²) < 4.78 is 39.4. The van der Waals surface area contributed by atoms with Gasteiger partial charge in [-0.05, 0) is 24.5 Å². The van der Waals surface area contributed by atoms with Crippen molar-refractivity contribution in [3.8, 4) is 0 Å². The molecule has 1 saturated carbocycles. The number of aryl methyl sites for hydroxylation is 1. The van der Waals surface area contributed by atoms with E-state index in [1.807, 2.05) is 30.1 Å². The summed E-state index contributed by atoms with van der Waals surface area (Å²) in [6.07, 6.45) is -0.0852. The third-order valence-corrected chi connectivity index (χ3v) is 2.82. The first-order valence-electron chi connectivity index (χ1n) is 4.86. The number of nitrogens with one attached hydrogen (secondary N) is 1. The van der Waals surface area contributed by atoms with Crippen LogP contribution in [0.4, 0.5) is 13.2 Å². The molecule has 1 aliphatic carbocycles. The normalized spacial score (nSPS) is 19.2. The molecule has 0 aliphatic heterocycles. The number of nitrogens with zero attached hydrogens (tertiary/aromatic N) is 1. The van der Waals surface area contributed by atoms with Gasteiger partial charge in [0.25, 0.3) is 0 Å². The third kappa shape index (κ3) is 2.02. The van der Waals surface area contributed by atoms with Crippen LogP contribution in [-0.2, 0) is 13.6 Å². The summed E-state index contributed by atoms with van der Waals surface area (Å²) in [7, 11) is 1.85. The fourth-order valence-corrected chi connectivity index (χ4v) is 1.62. The Labute approximate surface area is 86.1 Å². The number of aromatic nitrogens is 1. The lowest BCUT2D eigenvalue weighted by atomic mass is 10.2. The lowest BCUT2D eigenvalue weighted by Gasteiger charge is -2.20. The predicted octanol–water partition coefficient (Wildman–Crippen LogP) is 2.21. The van der Waals surface area contributed by atoms with E-state index in [2.05, 4.69) is 5.32 Å². The van der Waals surface area contributed by atoms with Gasteiger partial charge in [-0.25, -0.2) is 0 Å². The van der Waals surface area contributed by atoms with Crippen LogP contribution in [0, 0.1) is 0 Å². The minimum absolute atomic E-state index is 0.198. The zero-order chi connectivity index (χ0) is 11.1. The fraction of sp³-hybridized carbons (Fsp3) is 0.600. The molecule has 2 rings (SSSR count). The molecule has 0 aromatic carbocycles. The standard InChI is InChI=1S/C10H13F3N2/c1-15-5-2-8(7-15)6-14-9(3-4-9)10(11,12)13/h2,5,7,14H,3-4,6H2,1H3. The molecule has 1 aromatic rings. The molecule has 0 saturated heterocycles. The first kappa shape index (κ1) is 10.5. The maximum atomic E-state index is 12.5. The highest BCUT2D eigenvalue weighted by atomic mass is 19.4. The van der Waals surface area contributed by atoms with Crippen LogP contribution in [0.2, 0.25) is 0 Å². The molecule has 1 N–H and O–H groups in total. The van der Waals surface area contributed by atoms with Gasteiger partial charge in [0.1, 0.15) is 5.54 Å². The zero-order valence-electron chi connectivity index (χ0n) is 8.43. The Morgan fingerprint density at radius 3 is 2.53 bits per heavy atom. The number of halogens is 3. The Morgan fingerprint density at radius 1 is 1.47 bits per heavy atom. The van der Waals surface area contributed by atoms with Crippen molar-refractivity contribution in [2.75, 3.05) is 0 Å². The summed E-state index contributed by atoms with van der Waals surface area (Å²) in [6.45, 7) is 0.278. The summed E-state index contributed by atoms with van der Waals surface area (Å²) in [5.41, 5.74) is -0.726. The highest BCUT2D eigenvalue weighted by Crippen LogP contribution is 2.49. The van der Waals surface area contributed by atoms with Crippen molar-refractivity contribution in [3.63, 3.8) is 0 Å². The summed E-state index contributed by atoms with van der Waals surface area (Å²) in [6, 6.07) is 1.82. The average Bonchev–Trinajstić information content (AvgIpc) is 2.82. The lowest BCUT2D eigenvalue weighted by Crippen LogP contribution is -2.44. The summed E-state index contributed by atoms with van der Waals surface area (Å²) in [5, 5.41) is 2.60. The highest BCUT2D eigenvalue weighted by Gasteiger charge is 2.62. The second-order valence-corrected chi connectivity index (χ2v) is 4.12. The molecule has 1 heterocycles. The van der Waals surface area contributed by atoms with Gasteiger partial charge >= 0.3 is 6.18 Å². The maximum Gasteiger partial charge on any atom is 0.406 e. The van der Waals surface area contributed by atoms with Crippen molar-refractivity contribution in [2.45, 2.75) is 31.1 Å². The van der Waals surface area contributed by atoms with Gasteiger partial charge in [-0.1, -0.05) is 0 Å². The molecule has 1 aliphatic rings. The Morgan fingerprint density at radius 2 is 2.13 bits per heavy atom. The minimum atomic E-state index is -4.12. The van der Waals surface area contributed by atoms with E-state index < -0.39 is 11.7 Å². The molecule has 0 amide bonds. The van der Waals surface area contributed by atoms with Gasteiger partial charge in [-0.15, -0.1) is 0 Å². The number of rotatable bonds is 3. The molecule has 0 bridgehead atoms. The summed E-state index contributed by atoms with van der Waals surface area (Å²) in [5.74, 6) is 0. The Bertz CT molecular complexity index is 350. The van der Waals surface area contributed by atoms with Crippen LogP contribution in [0.3, 0.4) is 0 Å². The average molecular weight is 218 g/mol. The van der Waals surface area contributed by atoms with Gasteiger partial charge in [0.2, 0.25) is 0 Å². The SMILES string of the molecule is Cn1ccc(CNC2(C(F)(F)F)CC2)c1. The van der Waals surface area contributed by atoms with E-state index >= 15 is 0 Å². The molecule has 5 heteroatoms. The van der Waals surface area contributed by atoms with Crippen LogP contribution < -0.4 is 5.32 Å². The van der Waals surface area contributed by atoms with E-state index in [0.29, 0.717) is 0 Å². The van der Waals surface area contributed by atoms with E-state index in [1.54, 1.807) is 0 Å². The van der Waals surface area contributed by atoms with E-state index in [4.69, 9.17) is 0 Å². The Balaban J connectivity index is 1.94. The van der Waals surface area contributed by atoms with Crippen LogP contribution in [0.15, 0.2) is 18.5 Å². The quantitative estimate of drug-likeness (QED) is 0.823. The highest BCUT2D eigenvalue weighted by molar-refractivity contribution is 5.14. The van der Waals surface area contributed by atoms with Gasteiger partial charge in [-0.2, -0.15) is 13.2 Å². The van der Waals surface area contributed by atoms with Crippen LogP contribution in [0.5, 0.6) is 0 Å². The van der Waals surface area contributed by atoms with Crippen LogP contribution in [0.25, 0.3) is 0 Å². The molecule has 2 nitrogen and oxygen atoms in total. The van der Waals surface area contributed by atoms with Crippen LogP contribution in [0.1, 0.15) is 18.4 Å². The van der Waals surface area contributed by atoms with Crippen LogP contribution in [-0.4, -0.2) is 16.3 Å². The molecule has 15 heavy (non-hydrogen) atoms. The van der Waals surface area contributed by atoms with E-state index in [-0.39, 0.29) is 19.4 Å². The number of hydrogen-bond donors (Lipinski definition) is 1. The number of alkyl halides is 3. The van der Waals surface area contributed by atoms with Crippen molar-refractivity contribution in [2.24, 2.45) is 7.05 Å². The van der Waals surface area contributed by atoms with Gasteiger partial charge in [0, 0.05) is 26.0 Å². The molecule has 0 radical (unpaired) electrons. The van der Waals surface area contributed by atoms with Gasteiger partial charge in [0.15, 0.2) is 0 Å². The summed E-state index contributed by atoms with van der Waals surface area (Å²) >= 11 is 0. The van der Waals surface area contributed by atoms with Crippen molar-refractivity contribution in [1.29, 1.82) is 0 Å². The van der Waals surface area contributed by atoms with E-state index in [9.17, 15) is 13.2 Å². The lowest BCUT2D eigenvalue weighted by molar-refractivity contribution is -0.166. The molecule has 1 aromatic heterocycles. The van der Waals surface area contributed by atoms with Crippen LogP contribution >= 0.6 is 0 Å². The molecule has 0 spiro atoms. The fourth-order valence-electron chi connectivity index (χ4n) is 1.62. The second kappa shape index (κ2) is 3.27. The van der Waals surface area contributed by atoms with Gasteiger partial charge in [-0.3, -0.25) is 5.32 Å². The molecular weight excluding hydrogens is 205 g/mol. The van der Waals surface area contributed by atoms with Gasteiger partial charge < -0.3 is 4.57 Å². The Kier molecular flexibility index (Phi) is 2.30. The predicted molar refractivity (Wildman–Crippen MR) is 50.3 cm³/mol. The van der Waals surface area contributed by atoms with Crippen molar-refractivity contribution in [1.82, 2.24) is 9.88 Å². The number of hydrogen-bond acceptors (Lipinski definition) is 1. The molecule has 0 atom stereocenters.